The van der Waals surface area contributed by atoms with Crippen LogP contribution in [0.2, 0.25) is 0 Å². The molecule has 1 aromatic rings. The fourth-order valence-corrected chi connectivity index (χ4v) is 2.16. The van der Waals surface area contributed by atoms with Crippen LogP contribution in [0.15, 0.2) is 24.3 Å². The first kappa shape index (κ1) is 18.7. The van der Waals surface area contributed by atoms with E-state index in [4.69, 9.17) is 17.0 Å². The van der Waals surface area contributed by atoms with Crippen LogP contribution in [0, 0.1) is 5.92 Å². The minimum absolute atomic E-state index is 0.528. The van der Waals surface area contributed by atoms with E-state index in [0.717, 1.165) is 44.2 Å². The molecule has 0 fully saturated rings. The molecule has 4 nitrogen and oxygen atoms in total. The summed E-state index contributed by atoms with van der Waals surface area (Å²) in [5, 5.41) is 7.08. The minimum atomic E-state index is 0.528. The highest BCUT2D eigenvalue weighted by atomic mass is 32.1. The van der Waals surface area contributed by atoms with E-state index in [9.17, 15) is 0 Å². The maximum Gasteiger partial charge on any atom is 0.170 e. The van der Waals surface area contributed by atoms with E-state index in [-0.39, 0.29) is 0 Å². The maximum atomic E-state index is 5.66. The van der Waals surface area contributed by atoms with Gasteiger partial charge in [0.25, 0.3) is 0 Å². The van der Waals surface area contributed by atoms with Crippen molar-refractivity contribution in [3.05, 3.63) is 24.3 Å². The summed E-state index contributed by atoms with van der Waals surface area (Å²) in [6.07, 6.45) is 0. The van der Waals surface area contributed by atoms with E-state index >= 15 is 0 Å². The highest BCUT2D eigenvalue weighted by Crippen LogP contribution is 2.16. The average molecular weight is 324 g/mol. The van der Waals surface area contributed by atoms with Gasteiger partial charge in [-0.1, -0.05) is 27.7 Å². The fraction of sp³-hybridized carbons (Fsp3) is 0.588. The lowest BCUT2D eigenvalue weighted by Gasteiger charge is -2.19. The Morgan fingerprint density at radius 1 is 1.18 bits per heavy atom. The quantitative estimate of drug-likeness (QED) is 0.682. The monoisotopic (exact) mass is 323 g/mol. The Kier molecular flexibility index (Phi) is 8.85. The molecule has 124 valence electrons. The zero-order valence-electron chi connectivity index (χ0n) is 14.2. The molecular weight excluding hydrogens is 294 g/mol. The Labute approximate surface area is 140 Å². The van der Waals surface area contributed by atoms with Gasteiger partial charge in [-0.2, -0.15) is 0 Å². The van der Waals surface area contributed by atoms with Crippen LogP contribution >= 0.6 is 12.2 Å². The Morgan fingerprint density at radius 3 is 2.36 bits per heavy atom. The van der Waals surface area contributed by atoms with Crippen molar-refractivity contribution in [2.75, 3.05) is 38.1 Å². The van der Waals surface area contributed by atoms with Gasteiger partial charge in [-0.05, 0) is 55.5 Å². The first-order chi connectivity index (χ1) is 10.5. The van der Waals surface area contributed by atoms with Crippen LogP contribution in [-0.4, -0.2) is 42.8 Å². The Balaban J connectivity index is 2.32. The molecule has 0 saturated carbocycles. The second-order valence-electron chi connectivity index (χ2n) is 5.64. The van der Waals surface area contributed by atoms with Crippen LogP contribution in [0.5, 0.6) is 5.75 Å². The fourth-order valence-electron chi connectivity index (χ4n) is 1.94. The van der Waals surface area contributed by atoms with Gasteiger partial charge in [-0.25, -0.2) is 0 Å². The lowest BCUT2D eigenvalue weighted by Crippen LogP contribution is -2.36. The second-order valence-corrected chi connectivity index (χ2v) is 6.05. The van der Waals surface area contributed by atoms with Crippen molar-refractivity contribution in [2.45, 2.75) is 27.7 Å². The molecule has 0 heterocycles. The maximum absolute atomic E-state index is 5.66. The van der Waals surface area contributed by atoms with Crippen LogP contribution in [0.4, 0.5) is 5.69 Å². The van der Waals surface area contributed by atoms with Crippen molar-refractivity contribution < 1.29 is 4.74 Å². The molecule has 0 unspecified atom stereocenters. The second kappa shape index (κ2) is 10.4. The van der Waals surface area contributed by atoms with Crippen molar-refractivity contribution in [1.29, 1.82) is 0 Å². The number of nitrogens with zero attached hydrogens (tertiary/aromatic N) is 1. The zero-order chi connectivity index (χ0) is 16.4. The van der Waals surface area contributed by atoms with Crippen molar-refractivity contribution >= 4 is 23.0 Å². The molecule has 1 rings (SSSR count). The molecule has 0 aliphatic heterocycles. The predicted octanol–water partition coefficient (Wildman–Crippen LogP) is 3.35. The van der Waals surface area contributed by atoms with Gasteiger partial charge in [0, 0.05) is 18.8 Å². The van der Waals surface area contributed by atoms with Crippen molar-refractivity contribution in [3.8, 4) is 5.75 Å². The van der Waals surface area contributed by atoms with Gasteiger partial charge in [0.1, 0.15) is 5.75 Å². The lowest BCUT2D eigenvalue weighted by molar-refractivity contribution is 0.271. The molecule has 0 amide bonds. The molecule has 0 aliphatic carbocycles. The minimum Gasteiger partial charge on any atom is -0.493 e. The Morgan fingerprint density at radius 2 is 1.82 bits per heavy atom. The molecular formula is C17H29N3OS. The molecule has 0 bridgehead atoms. The highest BCUT2D eigenvalue weighted by molar-refractivity contribution is 7.80. The van der Waals surface area contributed by atoms with Crippen LogP contribution < -0.4 is 15.4 Å². The third-order valence-electron chi connectivity index (χ3n) is 3.30. The number of nitrogens with one attached hydrogen (secondary N) is 2. The van der Waals surface area contributed by atoms with Crippen LogP contribution in [0.1, 0.15) is 27.7 Å². The normalized spacial score (nSPS) is 10.8. The topological polar surface area (TPSA) is 36.5 Å². The molecule has 0 spiro atoms. The summed E-state index contributed by atoms with van der Waals surface area (Å²) in [5.41, 5.74) is 0.970. The summed E-state index contributed by atoms with van der Waals surface area (Å²) in [5.74, 6) is 1.42. The summed E-state index contributed by atoms with van der Waals surface area (Å²) in [6, 6.07) is 7.88. The molecule has 1 aromatic carbocycles. The van der Waals surface area contributed by atoms with Crippen LogP contribution in [0.3, 0.4) is 0 Å². The number of likely N-dealkylation sites (N-methyl/N-ethyl adjacent to an activating group) is 1. The van der Waals surface area contributed by atoms with Gasteiger partial charge in [-0.3, -0.25) is 0 Å². The van der Waals surface area contributed by atoms with E-state index in [0.29, 0.717) is 11.0 Å². The number of anilines is 1. The lowest BCUT2D eigenvalue weighted by atomic mass is 10.2. The zero-order valence-corrected chi connectivity index (χ0v) is 15.0. The van der Waals surface area contributed by atoms with Gasteiger partial charge >= 0.3 is 0 Å². The molecule has 0 radical (unpaired) electrons. The number of hydrogen-bond acceptors (Lipinski definition) is 3. The molecule has 2 N–H and O–H groups in total. The number of rotatable bonds is 9. The van der Waals surface area contributed by atoms with E-state index in [1.165, 1.54) is 0 Å². The molecule has 0 atom stereocenters. The first-order valence-electron chi connectivity index (χ1n) is 8.05. The molecule has 5 heteroatoms. The van der Waals surface area contributed by atoms with Crippen molar-refractivity contribution in [2.24, 2.45) is 5.92 Å². The van der Waals surface area contributed by atoms with Crippen molar-refractivity contribution in [1.82, 2.24) is 10.2 Å². The number of thiocarbonyl (C=S) groups is 1. The third-order valence-corrected chi connectivity index (χ3v) is 3.55. The third kappa shape index (κ3) is 7.61. The summed E-state index contributed by atoms with van der Waals surface area (Å²) in [7, 11) is 0. The molecule has 22 heavy (non-hydrogen) atoms. The van der Waals surface area contributed by atoms with E-state index < -0.39 is 0 Å². The predicted molar refractivity (Wildman–Crippen MR) is 98.8 cm³/mol. The Hall–Kier alpha value is -1.33. The van der Waals surface area contributed by atoms with Gasteiger partial charge in [-0.15, -0.1) is 0 Å². The highest BCUT2D eigenvalue weighted by Gasteiger charge is 2.01. The average Bonchev–Trinajstić information content (AvgIpc) is 2.51. The van der Waals surface area contributed by atoms with E-state index in [2.05, 4.69) is 43.2 Å². The van der Waals surface area contributed by atoms with Gasteiger partial charge in [0.2, 0.25) is 0 Å². The number of benzene rings is 1. The molecule has 0 aliphatic rings. The first-order valence-corrected chi connectivity index (χ1v) is 8.46. The summed E-state index contributed by atoms with van der Waals surface area (Å²) in [4.78, 5) is 2.36. The van der Waals surface area contributed by atoms with Crippen LogP contribution in [-0.2, 0) is 0 Å². The van der Waals surface area contributed by atoms with Crippen LogP contribution in [0.25, 0.3) is 0 Å². The summed E-state index contributed by atoms with van der Waals surface area (Å²) < 4.78 is 5.66. The SMILES string of the molecule is CCN(CC)CCNC(=S)Nc1ccc(OCC(C)C)cc1. The number of hydrogen-bond donors (Lipinski definition) is 2. The standard InChI is InChI=1S/C17H29N3OS/c1-5-20(6-2)12-11-18-17(22)19-15-7-9-16(10-8-15)21-13-14(3)4/h7-10,14H,5-6,11-13H2,1-4H3,(H2,18,19,22). The summed E-state index contributed by atoms with van der Waals surface area (Å²) >= 11 is 5.31. The van der Waals surface area contributed by atoms with Gasteiger partial charge in [0.15, 0.2) is 5.11 Å². The molecule has 0 aromatic heterocycles. The smallest absolute Gasteiger partial charge is 0.170 e. The van der Waals surface area contributed by atoms with Crippen molar-refractivity contribution in [3.63, 3.8) is 0 Å². The van der Waals surface area contributed by atoms with Gasteiger partial charge in [0.05, 0.1) is 6.61 Å². The van der Waals surface area contributed by atoms with Gasteiger partial charge < -0.3 is 20.3 Å². The number of ether oxygens (including phenoxy) is 1. The largest absolute Gasteiger partial charge is 0.493 e. The van der Waals surface area contributed by atoms with E-state index in [1.54, 1.807) is 0 Å². The summed E-state index contributed by atoms with van der Waals surface area (Å²) in [6.45, 7) is 13.3. The van der Waals surface area contributed by atoms with E-state index in [1.807, 2.05) is 24.3 Å². The Bertz CT molecular complexity index is 430. The molecule has 0 saturated heterocycles.